The van der Waals surface area contributed by atoms with E-state index in [1.807, 2.05) is 0 Å². The van der Waals surface area contributed by atoms with Crippen molar-refractivity contribution in [1.29, 1.82) is 0 Å². The summed E-state index contributed by atoms with van der Waals surface area (Å²) in [5.74, 6) is -2.36. The van der Waals surface area contributed by atoms with Crippen LogP contribution in [0, 0.1) is 0 Å². The molecule has 0 aliphatic heterocycles. The van der Waals surface area contributed by atoms with Crippen molar-refractivity contribution in [2.75, 3.05) is 0 Å². The molecule has 1 atom stereocenters. The monoisotopic (exact) mass is 376 g/mol. The lowest BCUT2D eigenvalue weighted by Crippen LogP contribution is -2.61. The lowest BCUT2D eigenvalue weighted by Gasteiger charge is -2.28. The minimum atomic E-state index is -5.31. The highest BCUT2D eigenvalue weighted by molar-refractivity contribution is 9.10. The Balaban J connectivity index is 3.28. The van der Waals surface area contributed by atoms with Crippen LogP contribution in [0.5, 0.6) is 0 Å². The van der Waals surface area contributed by atoms with E-state index in [9.17, 15) is 26.4 Å². The average molecular weight is 377 g/mol. The Morgan fingerprint density at radius 3 is 2.35 bits per heavy atom. The molecule has 1 aromatic rings. The summed E-state index contributed by atoms with van der Waals surface area (Å²) in [4.78, 5) is 13.7. The summed E-state index contributed by atoms with van der Waals surface area (Å²) >= 11 is 2.91. The van der Waals surface area contributed by atoms with E-state index in [0.29, 0.717) is 0 Å². The van der Waals surface area contributed by atoms with Gasteiger partial charge < -0.3 is 5.11 Å². The fraction of sp³-hybridized carbons (Fsp3) is 0.333. The van der Waals surface area contributed by atoms with Crippen molar-refractivity contribution < 1.29 is 31.5 Å². The molecule has 0 bridgehead atoms. The van der Waals surface area contributed by atoms with E-state index in [1.165, 1.54) is 6.20 Å². The molecular formula is C9H8BrF3N2O4S. The summed E-state index contributed by atoms with van der Waals surface area (Å²) in [5.41, 5.74) is -3.64. The van der Waals surface area contributed by atoms with Crippen LogP contribution in [-0.2, 0) is 14.8 Å². The van der Waals surface area contributed by atoms with Crippen LogP contribution in [-0.4, -0.2) is 36.2 Å². The number of nitrogens with zero attached hydrogens (tertiary/aromatic N) is 1. The molecule has 1 heterocycles. The number of halogens is 4. The van der Waals surface area contributed by atoms with Gasteiger partial charge in [-0.25, -0.2) is 13.2 Å². The number of hydrogen-bond donors (Lipinski definition) is 2. The number of sulfonamides is 1. The van der Waals surface area contributed by atoms with Gasteiger partial charge in [-0.1, -0.05) is 0 Å². The van der Waals surface area contributed by atoms with Crippen LogP contribution in [0.25, 0.3) is 0 Å². The average Bonchev–Trinajstić information content (AvgIpc) is 2.26. The highest BCUT2D eigenvalue weighted by Gasteiger charge is 2.59. The predicted octanol–water partition coefficient (Wildman–Crippen LogP) is 1.53. The number of nitrogens with one attached hydrogen (secondary N) is 1. The molecule has 0 radical (unpaired) electrons. The third-order valence-corrected chi connectivity index (χ3v) is 4.28. The zero-order valence-electron chi connectivity index (χ0n) is 9.77. The molecule has 112 valence electrons. The molecule has 0 aliphatic rings. The Bertz CT molecular complexity index is 634. The SMILES string of the molecule is CC(NS(=O)(=O)c1cncc(Br)c1)(C(=O)O)C(F)(F)F. The smallest absolute Gasteiger partial charge is 0.418 e. The minimum absolute atomic E-state index is 0.212. The zero-order chi connectivity index (χ0) is 15.8. The molecule has 0 saturated carbocycles. The van der Waals surface area contributed by atoms with Crippen LogP contribution in [0.2, 0.25) is 0 Å². The number of aromatic nitrogens is 1. The Morgan fingerprint density at radius 2 is 1.95 bits per heavy atom. The summed E-state index contributed by atoms with van der Waals surface area (Å²) < 4.78 is 63.2. The van der Waals surface area contributed by atoms with E-state index in [1.54, 1.807) is 0 Å². The van der Waals surface area contributed by atoms with Crippen molar-refractivity contribution >= 4 is 31.9 Å². The standard InChI is InChI=1S/C9H8BrF3N2O4S/c1-8(7(16)17,9(11,12)13)15-20(18,19)6-2-5(10)3-14-4-6/h2-4,15H,1H3,(H,16,17). The second-order valence-corrected chi connectivity index (χ2v) is 6.47. The lowest BCUT2D eigenvalue weighted by molar-refractivity contribution is -0.201. The van der Waals surface area contributed by atoms with Crippen LogP contribution >= 0.6 is 15.9 Å². The fourth-order valence-electron chi connectivity index (χ4n) is 1.09. The second kappa shape index (κ2) is 5.30. The van der Waals surface area contributed by atoms with Crippen LogP contribution in [0.1, 0.15) is 6.92 Å². The Kier molecular flexibility index (Phi) is 4.46. The van der Waals surface area contributed by atoms with E-state index in [2.05, 4.69) is 20.9 Å². The van der Waals surface area contributed by atoms with E-state index in [4.69, 9.17) is 5.11 Å². The number of alkyl halides is 3. The second-order valence-electron chi connectivity index (χ2n) is 3.87. The third kappa shape index (κ3) is 3.27. The first-order chi connectivity index (χ1) is 8.90. The maximum atomic E-state index is 12.7. The molecule has 1 aromatic heterocycles. The van der Waals surface area contributed by atoms with E-state index in [0.717, 1.165) is 17.0 Å². The first-order valence-corrected chi connectivity index (χ1v) is 7.12. The summed E-state index contributed by atoms with van der Waals surface area (Å²) in [6.07, 6.45) is -3.30. The van der Waals surface area contributed by atoms with Crippen LogP contribution < -0.4 is 4.72 Å². The van der Waals surface area contributed by atoms with Gasteiger partial charge in [0.2, 0.25) is 15.6 Å². The van der Waals surface area contributed by atoms with Gasteiger partial charge in [0.25, 0.3) is 0 Å². The van der Waals surface area contributed by atoms with Crippen molar-refractivity contribution in [2.45, 2.75) is 23.5 Å². The molecule has 0 spiro atoms. The predicted molar refractivity (Wildman–Crippen MR) is 64.4 cm³/mol. The topological polar surface area (TPSA) is 96.4 Å². The molecule has 1 rings (SSSR count). The molecule has 0 fully saturated rings. The Hall–Kier alpha value is -1.20. The Labute approximate surface area is 120 Å². The van der Waals surface area contributed by atoms with E-state index in [-0.39, 0.29) is 11.4 Å². The van der Waals surface area contributed by atoms with Gasteiger partial charge in [0.05, 0.1) is 0 Å². The molecule has 20 heavy (non-hydrogen) atoms. The molecule has 0 amide bonds. The largest absolute Gasteiger partial charge is 0.480 e. The van der Waals surface area contributed by atoms with Crippen molar-refractivity contribution in [3.63, 3.8) is 0 Å². The quantitative estimate of drug-likeness (QED) is 0.830. The van der Waals surface area contributed by atoms with E-state index >= 15 is 0 Å². The normalized spacial score (nSPS) is 15.7. The van der Waals surface area contributed by atoms with Crippen molar-refractivity contribution in [3.05, 3.63) is 22.9 Å². The third-order valence-electron chi connectivity index (χ3n) is 2.32. The van der Waals surface area contributed by atoms with Crippen LogP contribution in [0.3, 0.4) is 0 Å². The molecule has 0 aliphatic carbocycles. The van der Waals surface area contributed by atoms with Crippen molar-refractivity contribution in [2.24, 2.45) is 0 Å². The maximum absolute atomic E-state index is 12.7. The zero-order valence-corrected chi connectivity index (χ0v) is 12.2. The van der Waals surface area contributed by atoms with Gasteiger partial charge in [-0.2, -0.15) is 17.9 Å². The first kappa shape index (κ1) is 16.9. The molecule has 0 aromatic carbocycles. The minimum Gasteiger partial charge on any atom is -0.480 e. The van der Waals surface area contributed by atoms with Gasteiger partial charge in [0, 0.05) is 16.9 Å². The van der Waals surface area contributed by atoms with Gasteiger partial charge in [-0.15, -0.1) is 0 Å². The number of aliphatic carboxylic acids is 1. The highest BCUT2D eigenvalue weighted by Crippen LogP contribution is 2.32. The van der Waals surface area contributed by atoms with Gasteiger partial charge in [0.15, 0.2) is 0 Å². The molecule has 11 heteroatoms. The van der Waals surface area contributed by atoms with Crippen molar-refractivity contribution in [3.8, 4) is 0 Å². The highest BCUT2D eigenvalue weighted by atomic mass is 79.9. The Morgan fingerprint density at radius 1 is 1.40 bits per heavy atom. The van der Waals surface area contributed by atoms with Crippen LogP contribution in [0.4, 0.5) is 13.2 Å². The lowest BCUT2D eigenvalue weighted by atomic mass is 10.0. The molecule has 1 unspecified atom stereocenters. The van der Waals surface area contributed by atoms with E-state index < -0.39 is 32.6 Å². The number of carbonyl (C=O) groups is 1. The summed E-state index contributed by atoms with van der Waals surface area (Å²) in [6, 6.07) is 0.994. The molecule has 2 N–H and O–H groups in total. The fourth-order valence-corrected chi connectivity index (χ4v) is 2.95. The number of pyridine rings is 1. The first-order valence-electron chi connectivity index (χ1n) is 4.85. The van der Waals surface area contributed by atoms with Gasteiger partial charge in [0.1, 0.15) is 4.90 Å². The van der Waals surface area contributed by atoms with Gasteiger partial charge >= 0.3 is 12.1 Å². The van der Waals surface area contributed by atoms with Crippen molar-refractivity contribution in [1.82, 2.24) is 9.71 Å². The number of hydrogen-bond acceptors (Lipinski definition) is 4. The molecule has 0 saturated heterocycles. The van der Waals surface area contributed by atoms with Gasteiger partial charge in [-0.05, 0) is 28.9 Å². The van der Waals surface area contributed by atoms with Crippen LogP contribution in [0.15, 0.2) is 27.8 Å². The maximum Gasteiger partial charge on any atom is 0.418 e. The summed E-state index contributed by atoms with van der Waals surface area (Å²) in [7, 11) is -4.71. The summed E-state index contributed by atoms with van der Waals surface area (Å²) in [6.45, 7) is 0.221. The number of carboxylic acids is 1. The molecule has 6 nitrogen and oxygen atoms in total. The number of rotatable bonds is 4. The molecular weight excluding hydrogens is 369 g/mol. The van der Waals surface area contributed by atoms with Gasteiger partial charge in [-0.3, -0.25) is 4.98 Å². The number of carboxylic acid groups (broad SMARTS) is 1. The summed E-state index contributed by atoms with van der Waals surface area (Å²) in [5, 5.41) is 8.66.